The van der Waals surface area contributed by atoms with E-state index in [0.717, 1.165) is 24.0 Å². The van der Waals surface area contributed by atoms with Crippen molar-refractivity contribution in [3.8, 4) is 0 Å². The molecule has 236 valence electrons. The molecular weight excluding hydrogens is 631 g/mol. The molecule has 0 bridgehead atoms. The number of hydrogen-bond donors (Lipinski definition) is 6. The summed E-state index contributed by atoms with van der Waals surface area (Å²) in [5.74, 6) is -0.0415. The Kier molecular flexibility index (Phi) is 13.7. The molecule has 0 radical (unpaired) electrons. The number of benzene rings is 3. The first-order valence-electron chi connectivity index (χ1n) is 14.3. The molecule has 43 heavy (non-hydrogen) atoms. The summed E-state index contributed by atoms with van der Waals surface area (Å²) >= 11 is 12.3. The van der Waals surface area contributed by atoms with E-state index in [-0.39, 0.29) is 24.9 Å². The van der Waals surface area contributed by atoms with Crippen LogP contribution in [0.4, 0.5) is 11.4 Å². The van der Waals surface area contributed by atoms with Crippen molar-refractivity contribution in [1.82, 2.24) is 10.6 Å². The maximum Gasteiger partial charge on any atom is 0.251 e. The van der Waals surface area contributed by atoms with E-state index in [0.29, 0.717) is 65.2 Å². The molecule has 0 aliphatic carbocycles. The summed E-state index contributed by atoms with van der Waals surface area (Å²) in [5.41, 5.74) is 3.61. The van der Waals surface area contributed by atoms with E-state index in [1.165, 1.54) is 0 Å². The molecule has 1 aliphatic heterocycles. The van der Waals surface area contributed by atoms with Crippen LogP contribution in [-0.4, -0.2) is 64.2 Å². The van der Waals surface area contributed by atoms with Crippen LogP contribution in [0.1, 0.15) is 41.3 Å². The van der Waals surface area contributed by atoms with Gasteiger partial charge in [-0.3, -0.25) is 18.2 Å². The summed E-state index contributed by atoms with van der Waals surface area (Å²) in [6, 6.07) is 19.8. The predicted octanol–water partition coefficient (Wildman–Crippen LogP) is 6.65. The number of carbonyl (C=O) groups is 1. The molecular formula is C31H41Cl3N4O4S. The number of rotatable bonds is 13. The number of nitrogens with zero attached hydrogens (tertiary/aromatic N) is 1. The molecule has 0 aromatic heterocycles. The molecule has 1 heterocycles. The smallest absolute Gasteiger partial charge is 0.251 e. The topological polar surface area (TPSA) is 117 Å². The minimum Gasteiger partial charge on any atom is -0.390 e. The molecule has 4 rings (SSSR count). The monoisotopic (exact) mass is 670 g/mol. The van der Waals surface area contributed by atoms with Gasteiger partial charge in [0.2, 0.25) is 0 Å². The molecule has 0 spiro atoms. The standard InChI is InChI=1S/C31H40Cl2N4O4S.ClH/c1-2-35-26-17-24(18-27(20-26)37-14-6-7-15-42(37,40)41)31(39)36-29(16-22-8-4-3-5-9-22)30(38)21-34-13-12-23-10-11-25(32)19-28(23)33;/h3-5,8-11,17-20,29-30,34-35,38,40-41H,2,6-7,12-16,21H2,1H3,(H,36,39);1H/t29-,30+;/m0./s1. The average molecular weight is 672 g/mol. The Morgan fingerprint density at radius 2 is 1.81 bits per heavy atom. The van der Waals surface area contributed by atoms with Crippen LogP contribution in [0.3, 0.4) is 0 Å². The molecule has 1 amide bonds. The quantitative estimate of drug-likeness (QED) is 0.113. The summed E-state index contributed by atoms with van der Waals surface area (Å²) in [5, 5.41) is 22.0. The Morgan fingerprint density at radius 3 is 2.51 bits per heavy atom. The van der Waals surface area contributed by atoms with Crippen molar-refractivity contribution in [2.24, 2.45) is 0 Å². The third-order valence-electron chi connectivity index (χ3n) is 7.25. The zero-order valence-corrected chi connectivity index (χ0v) is 27.3. The van der Waals surface area contributed by atoms with E-state index in [9.17, 15) is 19.0 Å². The fourth-order valence-corrected chi connectivity index (χ4v) is 7.22. The lowest BCUT2D eigenvalue weighted by Crippen LogP contribution is -2.49. The van der Waals surface area contributed by atoms with Gasteiger partial charge in [-0.15, -0.1) is 23.2 Å². The third-order valence-corrected chi connectivity index (χ3v) is 9.77. The van der Waals surface area contributed by atoms with Crippen LogP contribution < -0.4 is 20.3 Å². The lowest BCUT2D eigenvalue weighted by Gasteiger charge is -2.47. The highest BCUT2D eigenvalue weighted by atomic mass is 35.5. The molecule has 1 saturated heterocycles. The second-order valence-electron chi connectivity index (χ2n) is 10.5. The van der Waals surface area contributed by atoms with E-state index >= 15 is 0 Å². The van der Waals surface area contributed by atoms with Gasteiger partial charge in [0.05, 0.1) is 23.6 Å². The molecule has 0 unspecified atom stereocenters. The van der Waals surface area contributed by atoms with Gasteiger partial charge in [-0.25, -0.2) is 0 Å². The number of anilines is 2. The fourth-order valence-electron chi connectivity index (χ4n) is 5.04. The van der Waals surface area contributed by atoms with Crippen molar-refractivity contribution < 1.29 is 19.0 Å². The molecule has 3 aromatic carbocycles. The van der Waals surface area contributed by atoms with Crippen LogP contribution >= 0.6 is 46.4 Å². The number of nitrogens with one attached hydrogen (secondary N) is 3. The van der Waals surface area contributed by atoms with Crippen molar-refractivity contribution in [1.29, 1.82) is 0 Å². The molecule has 12 heteroatoms. The second-order valence-corrected chi connectivity index (χ2v) is 13.4. The zero-order chi connectivity index (χ0) is 30.1. The molecule has 0 saturated carbocycles. The number of hydrogen-bond acceptors (Lipinski definition) is 7. The SMILES string of the molecule is CCNc1cc(C(=O)N[C@@H](Cc2ccccc2)[C@H](O)CNCCc2ccc(Cl)cc2Cl)cc(N2CCCCS2(O)O)c1.Cl. The number of aliphatic hydroxyl groups excluding tert-OH is 1. The van der Waals surface area contributed by atoms with Gasteiger partial charge in [0.15, 0.2) is 0 Å². The summed E-state index contributed by atoms with van der Waals surface area (Å²) in [4.78, 5) is 13.6. The van der Waals surface area contributed by atoms with Gasteiger partial charge in [0.25, 0.3) is 5.91 Å². The van der Waals surface area contributed by atoms with Gasteiger partial charge >= 0.3 is 0 Å². The molecule has 1 aliphatic rings. The van der Waals surface area contributed by atoms with Gasteiger partial charge in [-0.05, 0) is 80.6 Å². The number of halogens is 3. The molecule has 6 N–H and O–H groups in total. The highest BCUT2D eigenvalue weighted by Gasteiger charge is 2.28. The summed E-state index contributed by atoms with van der Waals surface area (Å²) in [6.45, 7) is 3.95. The third kappa shape index (κ3) is 10.2. The van der Waals surface area contributed by atoms with Crippen LogP contribution in [0.25, 0.3) is 0 Å². The Hall–Kier alpha value is -2.21. The summed E-state index contributed by atoms with van der Waals surface area (Å²) < 4.78 is 23.0. The van der Waals surface area contributed by atoms with Crippen LogP contribution in [0.15, 0.2) is 66.7 Å². The van der Waals surface area contributed by atoms with E-state index in [4.69, 9.17) is 23.2 Å². The molecule has 8 nitrogen and oxygen atoms in total. The Bertz CT molecular complexity index is 1340. The van der Waals surface area contributed by atoms with Crippen molar-refractivity contribution in [3.63, 3.8) is 0 Å². The van der Waals surface area contributed by atoms with Gasteiger partial charge in [0.1, 0.15) is 0 Å². The Labute approximate surface area is 272 Å². The first-order chi connectivity index (χ1) is 20.2. The van der Waals surface area contributed by atoms with E-state index in [1.807, 2.05) is 49.4 Å². The highest BCUT2D eigenvalue weighted by Crippen LogP contribution is 2.50. The van der Waals surface area contributed by atoms with Crippen LogP contribution in [0, 0.1) is 0 Å². The first kappa shape index (κ1) is 35.3. The number of amides is 1. The van der Waals surface area contributed by atoms with Crippen molar-refractivity contribution in [3.05, 3.63) is 93.5 Å². The van der Waals surface area contributed by atoms with Gasteiger partial charge in [0, 0.05) is 40.9 Å². The number of aliphatic hydroxyl groups is 1. The number of carbonyl (C=O) groups excluding carboxylic acids is 1. The van der Waals surface area contributed by atoms with Crippen molar-refractivity contribution >= 4 is 63.7 Å². The predicted molar refractivity (Wildman–Crippen MR) is 183 cm³/mol. The molecule has 3 aromatic rings. The minimum atomic E-state index is -2.96. The van der Waals surface area contributed by atoms with Crippen molar-refractivity contribution in [2.75, 3.05) is 41.6 Å². The largest absolute Gasteiger partial charge is 0.390 e. The minimum absolute atomic E-state index is 0. The Balaban J connectivity index is 0.00000506. The van der Waals surface area contributed by atoms with Gasteiger partial charge in [-0.1, -0.05) is 59.6 Å². The zero-order valence-electron chi connectivity index (χ0n) is 24.1. The van der Waals surface area contributed by atoms with E-state index < -0.39 is 22.9 Å². The van der Waals surface area contributed by atoms with Crippen LogP contribution in [-0.2, 0) is 12.8 Å². The first-order valence-corrected chi connectivity index (χ1v) is 16.7. The lowest BCUT2D eigenvalue weighted by atomic mass is 10.00. The van der Waals surface area contributed by atoms with Gasteiger partial charge in [-0.2, -0.15) is 0 Å². The molecule has 2 atom stereocenters. The average Bonchev–Trinajstić information content (AvgIpc) is 2.96. The van der Waals surface area contributed by atoms with Crippen molar-refractivity contribution in [2.45, 2.75) is 44.8 Å². The highest BCUT2D eigenvalue weighted by molar-refractivity contribution is 8.25. The summed E-state index contributed by atoms with van der Waals surface area (Å²) in [6.07, 6.45) is 1.81. The van der Waals surface area contributed by atoms with E-state index in [2.05, 4.69) is 16.0 Å². The molecule has 1 fully saturated rings. The maximum absolute atomic E-state index is 13.6. The van der Waals surface area contributed by atoms with Crippen LogP contribution in [0.2, 0.25) is 10.0 Å². The second kappa shape index (κ2) is 16.7. The van der Waals surface area contributed by atoms with Crippen LogP contribution in [0.5, 0.6) is 0 Å². The normalized spacial score (nSPS) is 16.5. The lowest BCUT2D eigenvalue weighted by molar-refractivity contribution is 0.0831. The summed E-state index contributed by atoms with van der Waals surface area (Å²) in [7, 11) is -2.96. The van der Waals surface area contributed by atoms with Gasteiger partial charge < -0.3 is 21.1 Å². The maximum atomic E-state index is 13.6. The fraction of sp³-hybridized carbons (Fsp3) is 0.387. The Morgan fingerprint density at radius 1 is 1.05 bits per heavy atom. The van der Waals surface area contributed by atoms with E-state index in [1.54, 1.807) is 28.6 Å².